The minimum Gasteiger partial charge on any atom is -0.346 e. The number of hydrogen-bond acceptors (Lipinski definition) is 3. The van der Waals surface area contributed by atoms with Gasteiger partial charge in [-0.3, -0.25) is 9.59 Å². The van der Waals surface area contributed by atoms with Crippen molar-refractivity contribution in [2.24, 2.45) is 0 Å². The Hall–Kier alpha value is -2.37. The summed E-state index contributed by atoms with van der Waals surface area (Å²) in [4.78, 5) is 36.1. The van der Waals surface area contributed by atoms with Gasteiger partial charge in [0.1, 0.15) is 11.2 Å². The number of aromatic amines is 1. The summed E-state index contributed by atoms with van der Waals surface area (Å²) in [6.07, 6.45) is 3.82. The first-order valence-electron chi connectivity index (χ1n) is 7.96. The highest BCUT2D eigenvalue weighted by Gasteiger charge is 2.43. The summed E-state index contributed by atoms with van der Waals surface area (Å²) in [5.74, 6) is -0.0101. The lowest BCUT2D eigenvalue weighted by Crippen LogP contribution is -2.64. The van der Waals surface area contributed by atoms with Crippen LogP contribution in [0.2, 0.25) is 0 Å². The molecule has 1 fully saturated rings. The van der Waals surface area contributed by atoms with Gasteiger partial charge in [0.15, 0.2) is 0 Å². The van der Waals surface area contributed by atoms with E-state index in [4.69, 9.17) is 0 Å². The standard InChI is InChI=1S/C17H22N4O2/c1-4-20-8-9-21(17(2,3)16(20)23)14(22)10-12-11-19-15-13(12)6-5-7-18-15/h5-7,11H,4,8-10H2,1-3H3,(H,18,19). The zero-order chi connectivity index (χ0) is 16.6. The molecule has 0 radical (unpaired) electrons. The van der Waals surface area contributed by atoms with Crippen molar-refractivity contribution >= 4 is 22.8 Å². The zero-order valence-electron chi connectivity index (χ0n) is 13.8. The molecule has 3 heterocycles. The van der Waals surface area contributed by atoms with Gasteiger partial charge in [-0.15, -0.1) is 0 Å². The highest BCUT2D eigenvalue weighted by molar-refractivity contribution is 5.94. The summed E-state index contributed by atoms with van der Waals surface area (Å²) < 4.78 is 0. The Kier molecular flexibility index (Phi) is 3.83. The third-order valence-electron chi connectivity index (χ3n) is 4.64. The summed E-state index contributed by atoms with van der Waals surface area (Å²) in [6, 6.07) is 3.81. The van der Waals surface area contributed by atoms with Gasteiger partial charge in [0.25, 0.3) is 0 Å². The van der Waals surface area contributed by atoms with Gasteiger partial charge < -0.3 is 14.8 Å². The highest BCUT2D eigenvalue weighted by atomic mass is 16.2. The van der Waals surface area contributed by atoms with E-state index in [1.165, 1.54) is 0 Å². The molecule has 1 N–H and O–H groups in total. The van der Waals surface area contributed by atoms with Crippen molar-refractivity contribution in [3.05, 3.63) is 30.1 Å². The van der Waals surface area contributed by atoms with Crippen LogP contribution >= 0.6 is 0 Å². The lowest BCUT2D eigenvalue weighted by Gasteiger charge is -2.45. The number of rotatable bonds is 3. The van der Waals surface area contributed by atoms with Crippen LogP contribution in [0.15, 0.2) is 24.5 Å². The maximum absolute atomic E-state index is 12.8. The molecule has 0 bridgehead atoms. The molecule has 6 heteroatoms. The fourth-order valence-corrected chi connectivity index (χ4v) is 3.26. The number of amides is 2. The van der Waals surface area contributed by atoms with Crippen LogP contribution in [0, 0.1) is 0 Å². The van der Waals surface area contributed by atoms with Crippen molar-refractivity contribution in [2.75, 3.05) is 19.6 Å². The van der Waals surface area contributed by atoms with Crippen molar-refractivity contribution in [1.82, 2.24) is 19.8 Å². The molecule has 0 unspecified atom stereocenters. The van der Waals surface area contributed by atoms with Gasteiger partial charge in [-0.2, -0.15) is 0 Å². The second kappa shape index (κ2) is 5.68. The molecular formula is C17H22N4O2. The molecule has 23 heavy (non-hydrogen) atoms. The largest absolute Gasteiger partial charge is 0.346 e. The molecule has 1 saturated heterocycles. The van der Waals surface area contributed by atoms with Crippen molar-refractivity contribution in [1.29, 1.82) is 0 Å². The van der Waals surface area contributed by atoms with Gasteiger partial charge in [0.05, 0.1) is 6.42 Å². The van der Waals surface area contributed by atoms with Crippen LogP contribution in [-0.2, 0) is 16.0 Å². The van der Waals surface area contributed by atoms with Gasteiger partial charge in [0.2, 0.25) is 11.8 Å². The van der Waals surface area contributed by atoms with Gasteiger partial charge in [-0.1, -0.05) is 0 Å². The first-order valence-corrected chi connectivity index (χ1v) is 7.96. The first kappa shape index (κ1) is 15.5. The molecule has 1 aliphatic rings. The van der Waals surface area contributed by atoms with Gasteiger partial charge in [0, 0.05) is 37.4 Å². The Labute approximate surface area is 135 Å². The number of pyridine rings is 1. The summed E-state index contributed by atoms with van der Waals surface area (Å²) in [5, 5.41) is 0.956. The number of carbonyl (C=O) groups excluding carboxylic acids is 2. The van der Waals surface area contributed by atoms with Gasteiger partial charge in [-0.25, -0.2) is 4.98 Å². The minimum atomic E-state index is -0.796. The smallest absolute Gasteiger partial charge is 0.248 e. The van der Waals surface area contributed by atoms with Crippen LogP contribution in [0.25, 0.3) is 11.0 Å². The minimum absolute atomic E-state index is 0.0141. The van der Waals surface area contributed by atoms with Crippen molar-refractivity contribution < 1.29 is 9.59 Å². The van der Waals surface area contributed by atoms with Crippen LogP contribution in [0.1, 0.15) is 26.3 Å². The molecule has 1 aliphatic heterocycles. The van der Waals surface area contributed by atoms with Crippen molar-refractivity contribution in [3.8, 4) is 0 Å². The molecule has 2 aromatic heterocycles. The molecule has 6 nitrogen and oxygen atoms in total. The Morgan fingerprint density at radius 2 is 2.17 bits per heavy atom. The number of nitrogens with zero attached hydrogens (tertiary/aromatic N) is 3. The van der Waals surface area contributed by atoms with Crippen LogP contribution in [0.5, 0.6) is 0 Å². The first-order chi connectivity index (χ1) is 10.9. The van der Waals surface area contributed by atoms with Crippen molar-refractivity contribution in [3.63, 3.8) is 0 Å². The third-order valence-corrected chi connectivity index (χ3v) is 4.64. The highest BCUT2D eigenvalue weighted by Crippen LogP contribution is 2.24. The number of piperazine rings is 1. The Bertz CT molecular complexity index is 750. The fraction of sp³-hybridized carbons (Fsp3) is 0.471. The monoisotopic (exact) mass is 314 g/mol. The number of hydrogen-bond donors (Lipinski definition) is 1. The molecule has 0 aliphatic carbocycles. The van der Waals surface area contributed by atoms with Crippen LogP contribution < -0.4 is 0 Å². The second-order valence-electron chi connectivity index (χ2n) is 6.38. The zero-order valence-corrected chi connectivity index (χ0v) is 13.8. The summed E-state index contributed by atoms with van der Waals surface area (Å²) >= 11 is 0. The Morgan fingerprint density at radius 1 is 1.39 bits per heavy atom. The molecule has 2 amide bonds. The Morgan fingerprint density at radius 3 is 2.91 bits per heavy atom. The normalized spacial score (nSPS) is 17.8. The van der Waals surface area contributed by atoms with E-state index in [9.17, 15) is 9.59 Å². The third kappa shape index (κ3) is 2.58. The number of H-pyrrole nitrogens is 1. The topological polar surface area (TPSA) is 69.3 Å². The molecule has 0 aromatic carbocycles. The lowest BCUT2D eigenvalue weighted by molar-refractivity contribution is -0.158. The average molecular weight is 314 g/mol. The summed E-state index contributed by atoms with van der Waals surface area (Å²) in [5.41, 5.74) is 0.899. The van der Waals surface area contributed by atoms with Gasteiger partial charge >= 0.3 is 0 Å². The number of carbonyl (C=O) groups is 2. The molecule has 0 saturated carbocycles. The molecule has 2 aromatic rings. The fourth-order valence-electron chi connectivity index (χ4n) is 3.26. The predicted octanol–water partition coefficient (Wildman–Crippen LogP) is 1.57. The van der Waals surface area contributed by atoms with E-state index in [2.05, 4.69) is 9.97 Å². The molecule has 0 spiro atoms. The van der Waals surface area contributed by atoms with E-state index in [1.807, 2.05) is 39.1 Å². The SMILES string of the molecule is CCN1CCN(C(=O)Cc2c[nH]c3ncccc23)C(C)(C)C1=O. The number of fused-ring (bicyclic) bond motifs is 1. The van der Waals surface area contributed by atoms with E-state index in [-0.39, 0.29) is 18.2 Å². The summed E-state index contributed by atoms with van der Waals surface area (Å²) in [6.45, 7) is 7.46. The average Bonchev–Trinajstić information content (AvgIpc) is 2.93. The van der Waals surface area contributed by atoms with Crippen molar-refractivity contribution in [2.45, 2.75) is 32.7 Å². The maximum atomic E-state index is 12.8. The molecular weight excluding hydrogens is 292 g/mol. The molecule has 0 atom stereocenters. The van der Waals surface area contributed by atoms with E-state index in [0.29, 0.717) is 19.6 Å². The van der Waals surface area contributed by atoms with E-state index < -0.39 is 5.54 Å². The lowest BCUT2D eigenvalue weighted by atomic mass is 9.96. The van der Waals surface area contributed by atoms with Crippen LogP contribution in [0.4, 0.5) is 0 Å². The van der Waals surface area contributed by atoms with E-state index >= 15 is 0 Å². The number of likely N-dealkylation sites (N-methyl/N-ethyl adjacent to an activating group) is 1. The number of aromatic nitrogens is 2. The van der Waals surface area contributed by atoms with Crippen LogP contribution in [0.3, 0.4) is 0 Å². The second-order valence-corrected chi connectivity index (χ2v) is 6.38. The quantitative estimate of drug-likeness (QED) is 0.935. The Balaban J connectivity index is 1.82. The summed E-state index contributed by atoms with van der Waals surface area (Å²) in [7, 11) is 0. The van der Waals surface area contributed by atoms with E-state index in [0.717, 1.165) is 16.6 Å². The molecule has 3 rings (SSSR count). The maximum Gasteiger partial charge on any atom is 0.248 e. The van der Waals surface area contributed by atoms with E-state index in [1.54, 1.807) is 16.0 Å². The predicted molar refractivity (Wildman–Crippen MR) is 87.8 cm³/mol. The van der Waals surface area contributed by atoms with Crippen LogP contribution in [-0.4, -0.2) is 56.8 Å². The molecule has 122 valence electrons. The number of nitrogens with one attached hydrogen (secondary N) is 1. The van der Waals surface area contributed by atoms with Gasteiger partial charge in [-0.05, 0) is 38.5 Å².